The number of hydrogen-bond donors (Lipinski definition) is 1. The molecule has 1 aliphatic heterocycles. The molecular weight excluding hydrogens is 395 g/mol. The first-order chi connectivity index (χ1) is 14.9. The van der Waals surface area contributed by atoms with Crippen LogP contribution in [-0.2, 0) is 11.3 Å². The van der Waals surface area contributed by atoms with Crippen molar-refractivity contribution in [2.24, 2.45) is 5.92 Å². The van der Waals surface area contributed by atoms with Gasteiger partial charge in [0.15, 0.2) is 0 Å². The lowest BCUT2D eigenvalue weighted by Gasteiger charge is -2.38. The van der Waals surface area contributed by atoms with Crippen molar-refractivity contribution in [3.8, 4) is 0 Å². The Morgan fingerprint density at radius 1 is 1.13 bits per heavy atom. The van der Waals surface area contributed by atoms with Crippen molar-refractivity contribution in [3.05, 3.63) is 58.7 Å². The van der Waals surface area contributed by atoms with Crippen LogP contribution in [0.3, 0.4) is 0 Å². The number of halogens is 1. The number of nitrogens with one attached hydrogen (secondary N) is 1. The number of piperazine rings is 1. The molecule has 31 heavy (non-hydrogen) atoms. The Morgan fingerprint density at radius 3 is 2.48 bits per heavy atom. The Balaban J connectivity index is 1.40. The van der Waals surface area contributed by atoms with E-state index in [1.807, 2.05) is 18.7 Å². The fourth-order valence-electron chi connectivity index (χ4n) is 4.11. The Kier molecular flexibility index (Phi) is 6.32. The fraction of sp³-hybridized carbons (Fsp3) is 0.458. The van der Waals surface area contributed by atoms with Crippen LogP contribution in [0.4, 0.5) is 10.1 Å². The third-order valence-corrected chi connectivity index (χ3v) is 6.43. The predicted octanol–water partition coefficient (Wildman–Crippen LogP) is 3.53. The standard InChI is InChI=1S/C24H29FN4O2/c1-16-6-7-19(14-26-16)23(30)27-22-13-21(25)12-20(17(22)2)15-28-8-10-29(11-9-28)24(31)18-4-3-5-18/h6-7,12-14,18H,3-5,8-11,15H2,1-2H3,(H,27,30). The number of anilines is 1. The highest BCUT2D eigenvalue weighted by Crippen LogP contribution is 2.29. The molecule has 1 saturated heterocycles. The summed E-state index contributed by atoms with van der Waals surface area (Å²) < 4.78 is 14.3. The molecule has 1 aliphatic carbocycles. The van der Waals surface area contributed by atoms with Crippen LogP contribution < -0.4 is 5.32 Å². The van der Waals surface area contributed by atoms with Crippen LogP contribution in [0.2, 0.25) is 0 Å². The summed E-state index contributed by atoms with van der Waals surface area (Å²) in [7, 11) is 0. The van der Waals surface area contributed by atoms with E-state index in [0.29, 0.717) is 36.8 Å². The van der Waals surface area contributed by atoms with E-state index in [-0.39, 0.29) is 17.6 Å². The number of rotatable bonds is 5. The number of amides is 2. The second-order valence-corrected chi connectivity index (χ2v) is 8.61. The summed E-state index contributed by atoms with van der Waals surface area (Å²) in [5.41, 5.74) is 3.43. The maximum Gasteiger partial charge on any atom is 0.257 e. The van der Waals surface area contributed by atoms with E-state index in [2.05, 4.69) is 15.2 Å². The molecule has 7 heteroatoms. The van der Waals surface area contributed by atoms with Gasteiger partial charge in [-0.15, -0.1) is 0 Å². The van der Waals surface area contributed by atoms with Gasteiger partial charge in [0.05, 0.1) is 5.56 Å². The Bertz CT molecular complexity index is 964. The second-order valence-electron chi connectivity index (χ2n) is 8.61. The Hall–Kier alpha value is -2.80. The summed E-state index contributed by atoms with van der Waals surface area (Å²) in [5, 5.41) is 2.82. The van der Waals surface area contributed by atoms with E-state index in [0.717, 1.165) is 49.2 Å². The molecule has 1 saturated carbocycles. The lowest BCUT2D eigenvalue weighted by Crippen LogP contribution is -2.50. The van der Waals surface area contributed by atoms with E-state index in [1.54, 1.807) is 12.1 Å². The van der Waals surface area contributed by atoms with Crippen molar-refractivity contribution >= 4 is 17.5 Å². The predicted molar refractivity (Wildman–Crippen MR) is 117 cm³/mol. The Morgan fingerprint density at radius 2 is 1.87 bits per heavy atom. The summed E-state index contributed by atoms with van der Waals surface area (Å²) in [6.45, 7) is 7.31. The maximum atomic E-state index is 14.3. The van der Waals surface area contributed by atoms with Gasteiger partial charge >= 0.3 is 0 Å². The first-order valence-corrected chi connectivity index (χ1v) is 10.9. The van der Waals surface area contributed by atoms with Gasteiger partial charge in [-0.3, -0.25) is 19.5 Å². The summed E-state index contributed by atoms with van der Waals surface area (Å²) in [6, 6.07) is 6.36. The molecule has 1 N–H and O–H groups in total. The molecule has 1 aromatic heterocycles. The van der Waals surface area contributed by atoms with Crippen LogP contribution in [0.5, 0.6) is 0 Å². The lowest BCUT2D eigenvalue weighted by atomic mass is 9.84. The van der Waals surface area contributed by atoms with Crippen LogP contribution >= 0.6 is 0 Å². The molecule has 0 bridgehead atoms. The Labute approximate surface area is 182 Å². The van der Waals surface area contributed by atoms with Gasteiger partial charge in [-0.1, -0.05) is 6.42 Å². The number of pyridine rings is 1. The van der Waals surface area contributed by atoms with Gasteiger partial charge in [0.25, 0.3) is 5.91 Å². The van der Waals surface area contributed by atoms with Crippen molar-refractivity contribution in [1.29, 1.82) is 0 Å². The van der Waals surface area contributed by atoms with Crippen molar-refractivity contribution in [2.45, 2.75) is 39.7 Å². The molecule has 6 nitrogen and oxygen atoms in total. The highest BCUT2D eigenvalue weighted by Gasteiger charge is 2.31. The van der Waals surface area contributed by atoms with Gasteiger partial charge < -0.3 is 10.2 Å². The minimum absolute atomic E-state index is 0.229. The molecule has 2 heterocycles. The molecule has 0 atom stereocenters. The van der Waals surface area contributed by atoms with Gasteiger partial charge in [-0.25, -0.2) is 4.39 Å². The molecule has 2 fully saturated rings. The van der Waals surface area contributed by atoms with E-state index in [1.165, 1.54) is 18.3 Å². The lowest BCUT2D eigenvalue weighted by molar-refractivity contribution is -0.140. The third-order valence-electron chi connectivity index (χ3n) is 6.43. The summed E-state index contributed by atoms with van der Waals surface area (Å²) in [5.74, 6) is -0.164. The molecule has 4 rings (SSSR count). The average Bonchev–Trinajstić information content (AvgIpc) is 2.71. The molecule has 0 spiro atoms. The second kappa shape index (κ2) is 9.14. The molecule has 2 aromatic rings. The fourth-order valence-corrected chi connectivity index (χ4v) is 4.11. The molecule has 2 aliphatic rings. The molecule has 1 aromatic carbocycles. The van der Waals surface area contributed by atoms with Crippen molar-refractivity contribution in [1.82, 2.24) is 14.8 Å². The maximum absolute atomic E-state index is 14.3. The number of carbonyl (C=O) groups excluding carboxylic acids is 2. The monoisotopic (exact) mass is 424 g/mol. The first-order valence-electron chi connectivity index (χ1n) is 10.9. The van der Waals surface area contributed by atoms with Gasteiger partial charge in [-0.2, -0.15) is 0 Å². The number of nitrogens with zero attached hydrogens (tertiary/aromatic N) is 3. The molecular formula is C24H29FN4O2. The largest absolute Gasteiger partial charge is 0.340 e. The van der Waals surface area contributed by atoms with Crippen LogP contribution in [0, 0.1) is 25.6 Å². The van der Waals surface area contributed by atoms with Gasteiger partial charge in [0.2, 0.25) is 5.91 Å². The number of aromatic nitrogens is 1. The van der Waals surface area contributed by atoms with E-state index >= 15 is 0 Å². The minimum Gasteiger partial charge on any atom is -0.340 e. The molecule has 0 unspecified atom stereocenters. The highest BCUT2D eigenvalue weighted by atomic mass is 19.1. The topological polar surface area (TPSA) is 65.5 Å². The number of benzene rings is 1. The van der Waals surface area contributed by atoms with Crippen LogP contribution in [0.1, 0.15) is 46.4 Å². The zero-order valence-corrected chi connectivity index (χ0v) is 18.2. The zero-order chi connectivity index (χ0) is 22.0. The number of hydrogen-bond acceptors (Lipinski definition) is 4. The van der Waals surface area contributed by atoms with E-state index in [4.69, 9.17) is 0 Å². The molecule has 2 amide bonds. The summed E-state index contributed by atoms with van der Waals surface area (Å²) in [6.07, 6.45) is 4.72. The zero-order valence-electron chi connectivity index (χ0n) is 18.2. The van der Waals surface area contributed by atoms with Crippen LogP contribution in [0.25, 0.3) is 0 Å². The number of aryl methyl sites for hydroxylation is 1. The number of carbonyl (C=O) groups is 2. The highest BCUT2D eigenvalue weighted by molar-refractivity contribution is 6.04. The van der Waals surface area contributed by atoms with Gasteiger partial charge in [0, 0.05) is 56.2 Å². The van der Waals surface area contributed by atoms with E-state index < -0.39 is 0 Å². The summed E-state index contributed by atoms with van der Waals surface area (Å²) in [4.78, 5) is 33.3. The molecule has 0 radical (unpaired) electrons. The van der Waals surface area contributed by atoms with Crippen LogP contribution in [0.15, 0.2) is 30.5 Å². The normalized spacial score (nSPS) is 17.3. The minimum atomic E-state index is -0.378. The summed E-state index contributed by atoms with van der Waals surface area (Å²) >= 11 is 0. The van der Waals surface area contributed by atoms with Crippen molar-refractivity contribution < 1.29 is 14.0 Å². The average molecular weight is 425 g/mol. The van der Waals surface area contributed by atoms with Gasteiger partial charge in [0.1, 0.15) is 5.82 Å². The van der Waals surface area contributed by atoms with Crippen molar-refractivity contribution in [2.75, 3.05) is 31.5 Å². The third kappa shape index (κ3) is 4.93. The first kappa shape index (κ1) is 21.4. The van der Waals surface area contributed by atoms with Crippen molar-refractivity contribution in [3.63, 3.8) is 0 Å². The smallest absolute Gasteiger partial charge is 0.257 e. The van der Waals surface area contributed by atoms with Gasteiger partial charge in [-0.05, 0) is 62.1 Å². The van der Waals surface area contributed by atoms with E-state index in [9.17, 15) is 14.0 Å². The van der Waals surface area contributed by atoms with Crippen LogP contribution in [-0.4, -0.2) is 52.8 Å². The molecule has 164 valence electrons. The SMILES string of the molecule is Cc1ccc(C(=O)Nc2cc(F)cc(CN3CCN(C(=O)C4CCC4)CC3)c2C)cn1. The quantitative estimate of drug-likeness (QED) is 0.798.